The molecule has 1 aromatic heterocycles. The Balaban J connectivity index is 1.35. The van der Waals surface area contributed by atoms with Gasteiger partial charge in [0.05, 0.1) is 29.8 Å². The fraction of sp³-hybridized carbons (Fsp3) is 0.364. The van der Waals surface area contributed by atoms with Crippen molar-refractivity contribution in [1.29, 1.82) is 0 Å². The predicted molar refractivity (Wildman–Crippen MR) is 231 cm³/mol. The van der Waals surface area contributed by atoms with Crippen LogP contribution in [0.3, 0.4) is 0 Å². The molecule has 6 rings (SSSR count). The first-order chi connectivity index (χ1) is 29.3. The van der Waals surface area contributed by atoms with Crippen LogP contribution >= 0.6 is 11.6 Å². The van der Waals surface area contributed by atoms with Crippen LogP contribution in [0.2, 0.25) is 0 Å². The highest BCUT2D eigenvalue weighted by Gasteiger charge is 2.61. The molecule has 18 heteroatoms. The van der Waals surface area contributed by atoms with E-state index < -0.39 is 86.9 Å². The zero-order chi connectivity index (χ0) is 45.0. The number of likely N-dealkylation sites (tertiary alicyclic amines) is 1. The number of nitrogens with one attached hydrogen (secondary N) is 4. The number of alkyl halides is 1. The smallest absolute Gasteiger partial charge is 0.408 e. The van der Waals surface area contributed by atoms with Gasteiger partial charge in [-0.1, -0.05) is 54.6 Å². The number of benzene rings is 3. The van der Waals surface area contributed by atoms with Gasteiger partial charge in [0.2, 0.25) is 17.7 Å². The molecule has 1 saturated carbocycles. The van der Waals surface area contributed by atoms with E-state index in [9.17, 15) is 32.4 Å². The van der Waals surface area contributed by atoms with E-state index in [1.165, 1.54) is 49.3 Å². The van der Waals surface area contributed by atoms with Crippen LogP contribution in [0.25, 0.3) is 22.2 Å². The quantitative estimate of drug-likeness (QED) is 0.0967. The summed E-state index contributed by atoms with van der Waals surface area (Å²) in [6.45, 7) is 9.49. The summed E-state index contributed by atoms with van der Waals surface area (Å²) in [6, 6.07) is 20.9. The zero-order valence-electron chi connectivity index (χ0n) is 34.8. The van der Waals surface area contributed by atoms with Crippen LogP contribution in [-0.2, 0) is 33.9 Å². The third-order valence-electron chi connectivity index (χ3n) is 10.4. The summed E-state index contributed by atoms with van der Waals surface area (Å²) in [6.07, 6.45) is -0.469. The van der Waals surface area contributed by atoms with E-state index in [-0.39, 0.29) is 24.3 Å². The van der Waals surface area contributed by atoms with E-state index >= 15 is 0 Å². The van der Waals surface area contributed by atoms with Crippen molar-refractivity contribution in [3.05, 3.63) is 97.6 Å². The second-order valence-electron chi connectivity index (χ2n) is 16.1. The van der Waals surface area contributed by atoms with Gasteiger partial charge in [0.25, 0.3) is 15.9 Å². The van der Waals surface area contributed by atoms with Crippen molar-refractivity contribution in [2.24, 2.45) is 5.92 Å². The Morgan fingerprint density at radius 1 is 1.02 bits per heavy atom. The molecule has 62 heavy (non-hydrogen) atoms. The van der Waals surface area contributed by atoms with Crippen LogP contribution in [-0.4, -0.2) is 103 Å². The number of amides is 5. The van der Waals surface area contributed by atoms with Gasteiger partial charge in [0.15, 0.2) is 0 Å². The van der Waals surface area contributed by atoms with Gasteiger partial charge in [-0.15, -0.1) is 18.2 Å². The Labute approximate surface area is 364 Å². The van der Waals surface area contributed by atoms with Crippen molar-refractivity contribution in [3.8, 4) is 22.8 Å². The van der Waals surface area contributed by atoms with Crippen LogP contribution in [0, 0.1) is 5.92 Å². The maximum Gasteiger partial charge on any atom is 0.408 e. The fourth-order valence-corrected chi connectivity index (χ4v) is 8.25. The predicted octanol–water partition coefficient (Wildman–Crippen LogP) is 4.46. The van der Waals surface area contributed by atoms with Gasteiger partial charge in [0, 0.05) is 42.0 Å². The molecular formula is C44H49ClN6O10S. The molecule has 1 aliphatic heterocycles. The first kappa shape index (κ1) is 45.3. The average molecular weight is 889 g/mol. The maximum absolute atomic E-state index is 14.7. The summed E-state index contributed by atoms with van der Waals surface area (Å²) in [5, 5.41) is 7.45. The number of ether oxygens (including phenoxy) is 3. The first-order valence-electron chi connectivity index (χ1n) is 19.8. The number of sulfonamides is 1. The molecule has 1 aliphatic carbocycles. The van der Waals surface area contributed by atoms with Gasteiger partial charge in [-0.25, -0.2) is 22.9 Å². The second-order valence-corrected chi connectivity index (χ2v) is 18.4. The minimum atomic E-state index is -4.34. The van der Waals surface area contributed by atoms with Crippen molar-refractivity contribution in [2.45, 2.75) is 80.1 Å². The maximum atomic E-state index is 14.7. The lowest BCUT2D eigenvalue weighted by Crippen LogP contribution is -2.60. The normalized spacial score (nSPS) is 20.5. The highest BCUT2D eigenvalue weighted by Crippen LogP contribution is 2.45. The van der Waals surface area contributed by atoms with E-state index in [0.29, 0.717) is 28.1 Å². The average Bonchev–Trinajstić information content (AvgIpc) is 3.80. The number of rotatable bonds is 15. The summed E-state index contributed by atoms with van der Waals surface area (Å²) in [5.74, 6) is -2.91. The third-order valence-corrected chi connectivity index (χ3v) is 11.9. The SMILES string of the molecule is C=C[C@@H]1C[C@]1(NC(=O)[C@@H]1C[C@@H](Oc2cc(-c3ccccc3)nc3cc(OC)ccc23)CN1C(=O)[C@H](CNC(=O)[C@@H](C)Cl)NC(=O)OC(C)(C)C)C(=O)NS(=O)(=O)c1ccccc1. The Morgan fingerprint density at radius 3 is 2.31 bits per heavy atom. The van der Waals surface area contributed by atoms with Gasteiger partial charge in [-0.2, -0.15) is 0 Å². The molecule has 2 aliphatic rings. The van der Waals surface area contributed by atoms with Crippen molar-refractivity contribution in [2.75, 3.05) is 20.2 Å². The number of hydrogen-bond donors (Lipinski definition) is 4. The topological polar surface area (TPSA) is 211 Å². The number of pyridine rings is 1. The van der Waals surface area contributed by atoms with E-state index in [0.717, 1.165) is 5.56 Å². The number of aromatic nitrogens is 1. The molecule has 0 unspecified atom stereocenters. The summed E-state index contributed by atoms with van der Waals surface area (Å²) >= 11 is 5.99. The number of methoxy groups -OCH3 is 1. The Bertz CT molecular complexity index is 2470. The number of fused-ring (bicyclic) bond motifs is 1. The van der Waals surface area contributed by atoms with Crippen molar-refractivity contribution < 1.29 is 46.6 Å². The van der Waals surface area contributed by atoms with E-state index in [2.05, 4.69) is 27.3 Å². The molecule has 2 fully saturated rings. The Hall–Kier alpha value is -6.20. The molecule has 3 aromatic carbocycles. The van der Waals surface area contributed by atoms with Crippen LogP contribution in [0.15, 0.2) is 102 Å². The number of nitrogens with zero attached hydrogens (tertiary/aromatic N) is 2. The Morgan fingerprint density at radius 2 is 1.69 bits per heavy atom. The third kappa shape index (κ3) is 10.5. The molecule has 4 N–H and O–H groups in total. The van der Waals surface area contributed by atoms with Gasteiger partial charge >= 0.3 is 6.09 Å². The summed E-state index contributed by atoms with van der Waals surface area (Å²) in [4.78, 5) is 74.7. The van der Waals surface area contributed by atoms with Crippen LogP contribution in [0.4, 0.5) is 4.79 Å². The van der Waals surface area contributed by atoms with E-state index in [1.807, 2.05) is 30.3 Å². The highest BCUT2D eigenvalue weighted by atomic mass is 35.5. The molecular weight excluding hydrogens is 840 g/mol. The standard InChI is InChI=1S/C44H49ClN6O10S/c1-7-28-23-44(28,41(55)50-62(57,58)31-16-12-9-13-17-31)49-39(53)36-21-30(25-51(36)40(54)35(24-46-38(52)26(2)45)48-42(56)61-43(3,4)5)60-37-22-33(27-14-10-8-11-15-27)47-34-20-29(59-6)18-19-32(34)37/h7-20,22,26,28,30,35-36H,1,21,23-25H2,2-6H3,(H,46,52)(H,48,56)(H,49,53)(H,50,55)/t26-,28-,30-,35+,36+,44-/m1/s1. The molecule has 4 aromatic rings. The van der Waals surface area contributed by atoms with Gasteiger partial charge in [-0.05, 0) is 58.4 Å². The molecule has 0 radical (unpaired) electrons. The monoisotopic (exact) mass is 888 g/mol. The van der Waals surface area contributed by atoms with E-state index in [4.69, 9.17) is 30.8 Å². The molecule has 16 nitrogen and oxygen atoms in total. The zero-order valence-corrected chi connectivity index (χ0v) is 36.4. The molecule has 1 saturated heterocycles. The molecule has 5 amide bonds. The van der Waals surface area contributed by atoms with Crippen molar-refractivity contribution >= 4 is 62.2 Å². The Kier molecular flexibility index (Phi) is 13.5. The summed E-state index contributed by atoms with van der Waals surface area (Å²) in [7, 11) is -2.80. The number of halogens is 1. The largest absolute Gasteiger partial charge is 0.497 e. The van der Waals surface area contributed by atoms with Crippen molar-refractivity contribution in [1.82, 2.24) is 30.6 Å². The number of carbonyl (C=O) groups excluding carboxylic acids is 5. The van der Waals surface area contributed by atoms with Gasteiger partial charge in [0.1, 0.15) is 46.2 Å². The lowest BCUT2D eigenvalue weighted by atomic mass is 10.1. The molecule has 2 heterocycles. The van der Waals surface area contributed by atoms with Crippen LogP contribution in [0.5, 0.6) is 11.5 Å². The lowest BCUT2D eigenvalue weighted by molar-refractivity contribution is -0.141. The number of carbonyl (C=O) groups is 5. The molecule has 0 bridgehead atoms. The summed E-state index contributed by atoms with van der Waals surface area (Å²) in [5.41, 5.74) is -0.751. The van der Waals surface area contributed by atoms with Gasteiger partial charge < -0.3 is 35.1 Å². The minimum absolute atomic E-state index is 0.0270. The minimum Gasteiger partial charge on any atom is -0.497 e. The summed E-state index contributed by atoms with van der Waals surface area (Å²) < 4.78 is 46.1. The second kappa shape index (κ2) is 18.4. The van der Waals surface area contributed by atoms with Gasteiger partial charge in [-0.3, -0.25) is 19.2 Å². The fourth-order valence-electron chi connectivity index (χ4n) is 7.11. The lowest BCUT2D eigenvalue weighted by Gasteiger charge is -2.30. The van der Waals surface area contributed by atoms with Crippen molar-refractivity contribution in [3.63, 3.8) is 0 Å². The first-order valence-corrected chi connectivity index (χ1v) is 21.8. The molecule has 0 spiro atoms. The van der Waals surface area contributed by atoms with Crippen LogP contribution < -0.4 is 30.1 Å². The van der Waals surface area contributed by atoms with Crippen LogP contribution in [0.1, 0.15) is 40.5 Å². The number of hydrogen-bond acceptors (Lipinski definition) is 11. The molecule has 328 valence electrons. The van der Waals surface area contributed by atoms with E-state index in [1.54, 1.807) is 51.1 Å². The highest BCUT2D eigenvalue weighted by molar-refractivity contribution is 7.90. The number of alkyl carbamates (subject to hydrolysis) is 1. The molecule has 6 atom stereocenters.